The SMILES string of the molecule is CN(C)c1ccc(/C=C/C=N\NC(=O)c2cccc(C(F)(F)F)c2)cc1. The van der Waals surface area contributed by atoms with Gasteiger partial charge in [-0.15, -0.1) is 0 Å². The molecule has 0 radical (unpaired) electrons. The average molecular weight is 361 g/mol. The first-order chi connectivity index (χ1) is 12.3. The molecule has 7 heteroatoms. The smallest absolute Gasteiger partial charge is 0.378 e. The molecule has 0 spiro atoms. The summed E-state index contributed by atoms with van der Waals surface area (Å²) in [7, 11) is 3.90. The number of allylic oxidation sites excluding steroid dienone is 1. The summed E-state index contributed by atoms with van der Waals surface area (Å²) in [6, 6.07) is 12.0. The van der Waals surface area contributed by atoms with Gasteiger partial charge in [-0.05, 0) is 42.0 Å². The van der Waals surface area contributed by atoms with Crippen molar-refractivity contribution in [2.24, 2.45) is 5.10 Å². The molecule has 26 heavy (non-hydrogen) atoms. The predicted octanol–water partition coefficient (Wildman–Crippen LogP) is 4.20. The van der Waals surface area contributed by atoms with Crippen LogP contribution in [0.4, 0.5) is 18.9 Å². The summed E-state index contributed by atoms with van der Waals surface area (Å²) < 4.78 is 37.9. The van der Waals surface area contributed by atoms with E-state index in [9.17, 15) is 18.0 Å². The molecule has 0 atom stereocenters. The highest BCUT2D eigenvalue weighted by atomic mass is 19.4. The fraction of sp³-hybridized carbons (Fsp3) is 0.158. The summed E-state index contributed by atoms with van der Waals surface area (Å²) in [6.45, 7) is 0. The number of amides is 1. The first kappa shape index (κ1) is 19.2. The maximum absolute atomic E-state index is 12.6. The number of nitrogens with zero attached hydrogens (tertiary/aromatic N) is 2. The summed E-state index contributed by atoms with van der Waals surface area (Å²) in [5.41, 5.74) is 3.23. The van der Waals surface area contributed by atoms with Crippen molar-refractivity contribution in [3.63, 3.8) is 0 Å². The predicted molar refractivity (Wildman–Crippen MR) is 97.2 cm³/mol. The van der Waals surface area contributed by atoms with Crippen LogP contribution in [0.15, 0.2) is 59.7 Å². The van der Waals surface area contributed by atoms with Crippen molar-refractivity contribution in [3.8, 4) is 0 Å². The zero-order valence-electron chi connectivity index (χ0n) is 14.3. The van der Waals surface area contributed by atoms with Crippen LogP contribution in [0.25, 0.3) is 6.08 Å². The number of hydrogen-bond acceptors (Lipinski definition) is 3. The van der Waals surface area contributed by atoms with E-state index in [1.165, 1.54) is 18.3 Å². The fourth-order valence-corrected chi connectivity index (χ4v) is 2.08. The van der Waals surface area contributed by atoms with Crippen LogP contribution in [-0.2, 0) is 6.18 Å². The van der Waals surface area contributed by atoms with Crippen molar-refractivity contribution in [1.29, 1.82) is 0 Å². The van der Waals surface area contributed by atoms with Gasteiger partial charge in [0.05, 0.1) is 5.56 Å². The minimum atomic E-state index is -4.50. The minimum absolute atomic E-state index is 0.111. The molecule has 136 valence electrons. The Morgan fingerprint density at radius 1 is 1.12 bits per heavy atom. The molecule has 0 unspecified atom stereocenters. The Hall–Kier alpha value is -3.09. The topological polar surface area (TPSA) is 44.7 Å². The highest BCUT2D eigenvalue weighted by Gasteiger charge is 2.30. The van der Waals surface area contributed by atoms with Crippen LogP contribution < -0.4 is 10.3 Å². The van der Waals surface area contributed by atoms with E-state index in [4.69, 9.17) is 0 Å². The van der Waals surface area contributed by atoms with E-state index < -0.39 is 17.6 Å². The number of halogens is 3. The minimum Gasteiger partial charge on any atom is -0.378 e. The van der Waals surface area contributed by atoms with Crippen molar-refractivity contribution < 1.29 is 18.0 Å². The molecule has 0 saturated carbocycles. The van der Waals surface area contributed by atoms with E-state index in [0.29, 0.717) is 0 Å². The number of benzene rings is 2. The number of alkyl halides is 3. The third-order valence-electron chi connectivity index (χ3n) is 3.48. The quantitative estimate of drug-likeness (QED) is 0.641. The van der Waals surface area contributed by atoms with Crippen LogP contribution in [0.5, 0.6) is 0 Å². The van der Waals surface area contributed by atoms with Crippen LogP contribution in [0.3, 0.4) is 0 Å². The van der Waals surface area contributed by atoms with Crippen LogP contribution in [-0.4, -0.2) is 26.2 Å². The highest BCUT2D eigenvalue weighted by Crippen LogP contribution is 2.29. The van der Waals surface area contributed by atoms with E-state index in [0.717, 1.165) is 23.4 Å². The number of carbonyl (C=O) groups excluding carboxylic acids is 1. The molecule has 0 aliphatic heterocycles. The molecule has 0 saturated heterocycles. The molecular weight excluding hydrogens is 343 g/mol. The maximum atomic E-state index is 12.6. The molecular formula is C19H18F3N3O. The van der Waals surface area contributed by atoms with Crippen molar-refractivity contribution in [2.45, 2.75) is 6.18 Å². The van der Waals surface area contributed by atoms with Crippen molar-refractivity contribution in [3.05, 3.63) is 71.3 Å². The number of hydrogen-bond donors (Lipinski definition) is 1. The lowest BCUT2D eigenvalue weighted by Crippen LogP contribution is -2.18. The van der Waals surface area contributed by atoms with Gasteiger partial charge in [0.2, 0.25) is 0 Å². The first-order valence-electron chi connectivity index (χ1n) is 7.72. The standard InChI is InChI=1S/C19H18F3N3O/c1-25(2)17-10-8-14(9-11-17)5-4-12-23-24-18(26)15-6-3-7-16(13-15)19(20,21)22/h3-13H,1-2H3,(H,24,26)/b5-4+,23-12-. The molecule has 0 bridgehead atoms. The molecule has 4 nitrogen and oxygen atoms in total. The third kappa shape index (κ3) is 5.47. The largest absolute Gasteiger partial charge is 0.416 e. The molecule has 0 aromatic heterocycles. The Labute approximate surface area is 149 Å². The number of nitrogens with one attached hydrogen (secondary N) is 1. The second kappa shape index (κ2) is 8.33. The van der Waals surface area contributed by atoms with Crippen LogP contribution in [0.2, 0.25) is 0 Å². The maximum Gasteiger partial charge on any atom is 0.416 e. The summed E-state index contributed by atoms with van der Waals surface area (Å²) in [5.74, 6) is -0.712. The summed E-state index contributed by atoms with van der Waals surface area (Å²) in [5, 5.41) is 3.70. The highest BCUT2D eigenvalue weighted by molar-refractivity contribution is 5.94. The molecule has 2 rings (SSSR count). The molecule has 0 aliphatic rings. The molecule has 1 amide bonds. The normalized spacial score (nSPS) is 11.9. The Morgan fingerprint density at radius 2 is 1.81 bits per heavy atom. The number of carbonyl (C=O) groups is 1. The number of hydrazone groups is 1. The third-order valence-corrected chi connectivity index (χ3v) is 3.48. The van der Waals surface area contributed by atoms with Crippen LogP contribution >= 0.6 is 0 Å². The molecule has 0 heterocycles. The van der Waals surface area contributed by atoms with Gasteiger partial charge in [-0.3, -0.25) is 4.79 Å². The van der Waals surface area contributed by atoms with Gasteiger partial charge in [0.1, 0.15) is 0 Å². The van der Waals surface area contributed by atoms with E-state index in [1.54, 1.807) is 12.2 Å². The zero-order chi connectivity index (χ0) is 19.2. The molecule has 0 aliphatic carbocycles. The van der Waals surface area contributed by atoms with Gasteiger partial charge in [0, 0.05) is 31.6 Å². The molecule has 1 N–H and O–H groups in total. The summed E-state index contributed by atoms with van der Waals surface area (Å²) in [4.78, 5) is 13.8. The van der Waals surface area contributed by atoms with Gasteiger partial charge >= 0.3 is 6.18 Å². The number of anilines is 1. The van der Waals surface area contributed by atoms with E-state index in [-0.39, 0.29) is 5.56 Å². The van der Waals surface area contributed by atoms with Gasteiger partial charge in [-0.2, -0.15) is 18.3 Å². The van der Waals surface area contributed by atoms with Crippen LogP contribution in [0.1, 0.15) is 21.5 Å². The fourth-order valence-electron chi connectivity index (χ4n) is 2.08. The lowest BCUT2D eigenvalue weighted by Gasteiger charge is -2.11. The second-order valence-corrected chi connectivity index (χ2v) is 5.64. The zero-order valence-corrected chi connectivity index (χ0v) is 14.3. The van der Waals surface area contributed by atoms with E-state index >= 15 is 0 Å². The lowest BCUT2D eigenvalue weighted by atomic mass is 10.1. The van der Waals surface area contributed by atoms with Gasteiger partial charge in [0.15, 0.2) is 0 Å². The number of rotatable bonds is 5. The molecule has 2 aromatic rings. The molecule has 2 aromatic carbocycles. The Bertz CT molecular complexity index is 810. The average Bonchev–Trinajstić information content (AvgIpc) is 2.61. The van der Waals surface area contributed by atoms with Crippen molar-refractivity contribution in [2.75, 3.05) is 19.0 Å². The Balaban J connectivity index is 1.93. The lowest BCUT2D eigenvalue weighted by molar-refractivity contribution is -0.137. The van der Waals surface area contributed by atoms with Crippen LogP contribution in [0, 0.1) is 0 Å². The summed E-state index contributed by atoms with van der Waals surface area (Å²) in [6.07, 6.45) is 0.270. The Kier molecular flexibility index (Phi) is 6.16. The van der Waals surface area contributed by atoms with Crippen molar-refractivity contribution in [1.82, 2.24) is 5.43 Å². The van der Waals surface area contributed by atoms with Gasteiger partial charge in [-0.1, -0.05) is 24.3 Å². The van der Waals surface area contributed by atoms with Crippen molar-refractivity contribution >= 4 is 23.9 Å². The molecule has 0 fully saturated rings. The Morgan fingerprint density at radius 3 is 2.42 bits per heavy atom. The summed E-state index contributed by atoms with van der Waals surface area (Å²) >= 11 is 0. The second-order valence-electron chi connectivity index (χ2n) is 5.64. The van der Waals surface area contributed by atoms with E-state index in [2.05, 4.69) is 10.5 Å². The van der Waals surface area contributed by atoms with E-state index in [1.807, 2.05) is 43.3 Å². The van der Waals surface area contributed by atoms with Gasteiger partial charge in [0.25, 0.3) is 5.91 Å². The monoisotopic (exact) mass is 361 g/mol. The first-order valence-corrected chi connectivity index (χ1v) is 7.72. The van der Waals surface area contributed by atoms with Gasteiger partial charge in [-0.25, -0.2) is 5.43 Å². The van der Waals surface area contributed by atoms with Gasteiger partial charge < -0.3 is 4.90 Å².